The number of ether oxygens (including phenoxy) is 1. The van der Waals surface area contributed by atoms with Gasteiger partial charge in [-0.2, -0.15) is 26.3 Å². The largest absolute Gasteiger partial charge is 0.450 e. The van der Waals surface area contributed by atoms with E-state index in [2.05, 4.69) is 4.74 Å². The van der Waals surface area contributed by atoms with Crippen molar-refractivity contribution in [2.45, 2.75) is 24.9 Å². The lowest BCUT2D eigenvalue weighted by atomic mass is 10.0. The average Bonchev–Trinajstić information content (AvgIpc) is 2.59. The molecule has 0 saturated carbocycles. The molecule has 2 rings (SSSR count). The zero-order valence-electron chi connectivity index (χ0n) is 14.7. The molecule has 0 aromatic heterocycles. The van der Waals surface area contributed by atoms with Crippen LogP contribution in [0.3, 0.4) is 0 Å². The van der Waals surface area contributed by atoms with Crippen LogP contribution in [0.2, 0.25) is 5.02 Å². The van der Waals surface area contributed by atoms with Gasteiger partial charge >= 0.3 is 18.4 Å². The lowest BCUT2D eigenvalue weighted by molar-refractivity contribution is -0.349. The molecule has 0 spiro atoms. The number of amides is 1. The van der Waals surface area contributed by atoms with Gasteiger partial charge in [-0.25, -0.2) is 4.79 Å². The highest BCUT2D eigenvalue weighted by Gasteiger charge is 2.75. The van der Waals surface area contributed by atoms with Crippen molar-refractivity contribution in [1.29, 1.82) is 0 Å². The number of benzene rings is 1. The lowest BCUT2D eigenvalue weighted by Crippen LogP contribution is -2.78. The molecule has 1 aromatic carbocycles. The summed E-state index contributed by atoms with van der Waals surface area (Å²) in [6, 6.07) is 6.38. The number of rotatable bonds is 4. The number of nitrogens with zero attached hydrogens (tertiary/aromatic N) is 2. The van der Waals surface area contributed by atoms with Crippen LogP contribution in [0.15, 0.2) is 24.3 Å². The quantitative estimate of drug-likeness (QED) is 0.728. The van der Waals surface area contributed by atoms with Crippen molar-refractivity contribution in [3.05, 3.63) is 29.3 Å². The normalized spacial score (nSPS) is 16.8. The highest BCUT2D eigenvalue weighted by molar-refractivity contribution is 6.30. The molecule has 0 aliphatic carbocycles. The molecule has 0 bridgehead atoms. The molecule has 1 heterocycles. The number of anilines is 1. The van der Waals surface area contributed by atoms with E-state index < -0.39 is 37.2 Å². The standard InChI is InChI=1S/C16H18ClF6N3O2/c1-2-28-13(27)24-14(15(18,19)20,16(21,22)23)26-9-7-25(8-10-26)12-5-3-11(17)4-6-12/h3-6H,2,7-10H2,1H3,(H,24,27). The van der Waals surface area contributed by atoms with E-state index in [4.69, 9.17) is 11.6 Å². The maximum Gasteiger partial charge on any atom is 0.434 e. The summed E-state index contributed by atoms with van der Waals surface area (Å²) < 4.78 is 86.2. The van der Waals surface area contributed by atoms with Crippen LogP contribution in [0.25, 0.3) is 0 Å². The molecule has 1 aliphatic heterocycles. The number of nitrogens with one attached hydrogen (secondary N) is 1. The number of alkyl halides is 6. The van der Waals surface area contributed by atoms with E-state index in [1.54, 1.807) is 29.2 Å². The SMILES string of the molecule is CCOC(=O)NC(N1CCN(c2ccc(Cl)cc2)CC1)(C(F)(F)F)C(F)(F)F. The van der Waals surface area contributed by atoms with Gasteiger partial charge in [-0.1, -0.05) is 11.6 Å². The maximum absolute atomic E-state index is 13.7. The number of carbonyl (C=O) groups excluding carboxylic acids is 1. The van der Waals surface area contributed by atoms with Gasteiger partial charge < -0.3 is 9.64 Å². The molecule has 12 heteroatoms. The van der Waals surface area contributed by atoms with Crippen LogP contribution in [-0.2, 0) is 4.74 Å². The second-order valence-corrected chi connectivity index (χ2v) is 6.44. The molecule has 1 aliphatic rings. The van der Waals surface area contributed by atoms with Gasteiger partial charge in [0.25, 0.3) is 5.66 Å². The van der Waals surface area contributed by atoms with Gasteiger partial charge in [-0.05, 0) is 31.2 Å². The Kier molecular flexibility index (Phi) is 6.59. The fourth-order valence-electron chi connectivity index (χ4n) is 3.01. The Balaban J connectivity index is 2.29. The van der Waals surface area contributed by atoms with Crippen molar-refractivity contribution in [1.82, 2.24) is 10.2 Å². The van der Waals surface area contributed by atoms with Crippen molar-refractivity contribution in [2.75, 3.05) is 37.7 Å². The molecule has 1 amide bonds. The second-order valence-electron chi connectivity index (χ2n) is 6.00. The van der Waals surface area contributed by atoms with E-state index in [9.17, 15) is 31.1 Å². The summed E-state index contributed by atoms with van der Waals surface area (Å²) in [5.41, 5.74) is -3.93. The van der Waals surface area contributed by atoms with Crippen LogP contribution >= 0.6 is 11.6 Å². The lowest BCUT2D eigenvalue weighted by Gasteiger charge is -2.48. The third-order valence-corrected chi connectivity index (χ3v) is 4.58. The van der Waals surface area contributed by atoms with Crippen molar-refractivity contribution in [3.8, 4) is 0 Å². The molecular formula is C16H18ClF6N3O2. The fourth-order valence-corrected chi connectivity index (χ4v) is 3.13. The minimum atomic E-state index is -5.82. The first-order chi connectivity index (χ1) is 12.9. The molecule has 5 nitrogen and oxygen atoms in total. The molecule has 0 unspecified atom stereocenters. The zero-order valence-corrected chi connectivity index (χ0v) is 15.5. The van der Waals surface area contributed by atoms with Crippen LogP contribution in [-0.4, -0.2) is 61.8 Å². The van der Waals surface area contributed by atoms with E-state index in [0.29, 0.717) is 10.7 Å². The molecule has 1 saturated heterocycles. The van der Waals surface area contributed by atoms with Crippen molar-refractivity contribution >= 4 is 23.4 Å². The Morgan fingerprint density at radius 1 is 1.04 bits per heavy atom. The minimum absolute atomic E-state index is 0.111. The van der Waals surface area contributed by atoms with Crippen LogP contribution in [0.1, 0.15) is 6.92 Å². The van der Waals surface area contributed by atoms with Crippen LogP contribution in [0.5, 0.6) is 0 Å². The maximum atomic E-state index is 13.7. The first-order valence-electron chi connectivity index (χ1n) is 8.26. The van der Waals surface area contributed by atoms with Crippen molar-refractivity contribution < 1.29 is 35.9 Å². The second kappa shape index (κ2) is 8.24. The number of hydrogen-bond donors (Lipinski definition) is 1. The van der Waals surface area contributed by atoms with Gasteiger partial charge in [-0.3, -0.25) is 10.2 Å². The molecule has 0 radical (unpaired) electrons. The van der Waals surface area contributed by atoms with E-state index in [1.807, 2.05) is 0 Å². The number of piperazine rings is 1. The Morgan fingerprint density at radius 2 is 1.54 bits per heavy atom. The Morgan fingerprint density at radius 3 is 1.96 bits per heavy atom. The summed E-state index contributed by atoms with van der Waals surface area (Å²) in [5.74, 6) is 0. The van der Waals surface area contributed by atoms with Gasteiger partial charge in [-0.15, -0.1) is 0 Å². The third kappa shape index (κ3) is 4.40. The van der Waals surface area contributed by atoms with Crippen LogP contribution < -0.4 is 10.2 Å². The number of carbonyl (C=O) groups is 1. The Hall–Kier alpha value is -1.88. The van der Waals surface area contributed by atoms with E-state index in [-0.39, 0.29) is 24.6 Å². The molecule has 1 aromatic rings. The number of alkyl carbamates (subject to hydrolysis) is 1. The van der Waals surface area contributed by atoms with Crippen molar-refractivity contribution in [3.63, 3.8) is 0 Å². The molecular weight excluding hydrogens is 416 g/mol. The number of halogens is 7. The van der Waals surface area contributed by atoms with E-state index in [0.717, 1.165) is 5.32 Å². The van der Waals surface area contributed by atoms with Gasteiger partial charge in [0.05, 0.1) is 6.61 Å². The predicted octanol–water partition coefficient (Wildman–Crippen LogP) is 4.03. The molecule has 1 fully saturated rings. The summed E-state index contributed by atoms with van der Waals surface area (Å²) in [5, 5.41) is 1.47. The molecule has 0 atom stereocenters. The van der Waals surface area contributed by atoms with Gasteiger partial charge in [0.15, 0.2) is 0 Å². The molecule has 1 N–H and O–H groups in total. The average molecular weight is 434 g/mol. The third-order valence-electron chi connectivity index (χ3n) is 4.32. The number of hydrogen-bond acceptors (Lipinski definition) is 4. The Labute approximate surface area is 162 Å². The van der Waals surface area contributed by atoms with Gasteiger partial charge in [0.2, 0.25) is 0 Å². The first-order valence-corrected chi connectivity index (χ1v) is 8.64. The van der Waals surface area contributed by atoms with E-state index >= 15 is 0 Å². The minimum Gasteiger partial charge on any atom is -0.450 e. The van der Waals surface area contributed by atoms with Gasteiger partial charge in [0, 0.05) is 36.9 Å². The first kappa shape index (κ1) is 22.4. The van der Waals surface area contributed by atoms with E-state index in [1.165, 1.54) is 6.92 Å². The Bertz CT molecular complexity index is 658. The molecule has 158 valence electrons. The summed E-state index contributed by atoms with van der Waals surface area (Å²) in [7, 11) is 0. The van der Waals surface area contributed by atoms with Crippen LogP contribution in [0, 0.1) is 0 Å². The summed E-state index contributed by atoms with van der Waals surface area (Å²) in [4.78, 5) is 13.3. The van der Waals surface area contributed by atoms with Crippen LogP contribution in [0.4, 0.5) is 36.8 Å². The predicted molar refractivity (Wildman–Crippen MR) is 90.2 cm³/mol. The van der Waals surface area contributed by atoms with Crippen molar-refractivity contribution in [2.24, 2.45) is 0 Å². The highest BCUT2D eigenvalue weighted by Crippen LogP contribution is 2.46. The van der Waals surface area contributed by atoms with Gasteiger partial charge in [0.1, 0.15) is 0 Å². The molecule has 28 heavy (non-hydrogen) atoms. The summed E-state index contributed by atoms with van der Waals surface area (Å²) in [6.45, 7) is -0.502. The topological polar surface area (TPSA) is 44.8 Å². The smallest absolute Gasteiger partial charge is 0.434 e. The monoisotopic (exact) mass is 433 g/mol. The summed E-state index contributed by atoms with van der Waals surface area (Å²) in [6.07, 6.45) is -13.4. The fraction of sp³-hybridized carbons (Fsp3) is 0.562. The highest BCUT2D eigenvalue weighted by atomic mass is 35.5. The summed E-state index contributed by atoms with van der Waals surface area (Å²) >= 11 is 5.78. The zero-order chi connectivity index (χ0) is 21.2.